The van der Waals surface area contributed by atoms with Gasteiger partial charge in [0.25, 0.3) is 0 Å². The quantitative estimate of drug-likeness (QED) is 0.519. The van der Waals surface area contributed by atoms with Crippen LogP contribution in [0.1, 0.15) is 26.3 Å². The van der Waals surface area contributed by atoms with Crippen LogP contribution in [0, 0.1) is 5.41 Å². The lowest BCUT2D eigenvalue weighted by molar-refractivity contribution is -0.704. The topological polar surface area (TPSA) is 47.2 Å². The molecule has 0 N–H and O–H groups in total. The highest BCUT2D eigenvalue weighted by atomic mass is 16.5. The third-order valence-corrected chi connectivity index (χ3v) is 5.18. The molecule has 1 aliphatic rings. The first kappa shape index (κ1) is 17.2. The summed E-state index contributed by atoms with van der Waals surface area (Å²) in [4.78, 5) is 26.8. The number of ketones is 2. The highest BCUT2D eigenvalue weighted by Gasteiger charge is 2.55. The second-order valence-electron chi connectivity index (χ2n) is 6.86. The van der Waals surface area contributed by atoms with E-state index in [2.05, 4.69) is 0 Å². The Labute approximate surface area is 158 Å². The lowest BCUT2D eigenvalue weighted by atomic mass is 9.76. The maximum absolute atomic E-state index is 13.4. The molecule has 0 spiro atoms. The van der Waals surface area contributed by atoms with Gasteiger partial charge in [0.05, 0.1) is 7.11 Å². The highest BCUT2D eigenvalue weighted by Crippen LogP contribution is 2.40. The molecule has 27 heavy (non-hydrogen) atoms. The molecule has 0 radical (unpaired) electrons. The predicted molar refractivity (Wildman–Crippen MR) is 101 cm³/mol. The fraction of sp³-hybridized carbons (Fsp3) is 0.174. The maximum Gasteiger partial charge on any atom is 0.184 e. The number of rotatable bonds is 5. The molecule has 0 saturated heterocycles. The second kappa shape index (κ2) is 6.80. The van der Waals surface area contributed by atoms with Crippen molar-refractivity contribution in [2.45, 2.75) is 13.0 Å². The number of pyridine rings is 1. The van der Waals surface area contributed by atoms with Crippen LogP contribution < -0.4 is 9.30 Å². The van der Waals surface area contributed by atoms with E-state index in [-0.39, 0.29) is 11.6 Å². The van der Waals surface area contributed by atoms with E-state index >= 15 is 0 Å². The van der Waals surface area contributed by atoms with Crippen LogP contribution in [0.2, 0.25) is 0 Å². The van der Waals surface area contributed by atoms with E-state index in [4.69, 9.17) is 4.74 Å². The van der Waals surface area contributed by atoms with Gasteiger partial charge in [-0.25, -0.2) is 4.57 Å². The smallest absolute Gasteiger partial charge is 0.184 e. The Kier molecular flexibility index (Phi) is 4.32. The molecule has 1 aromatic heterocycles. The zero-order chi connectivity index (χ0) is 18.9. The van der Waals surface area contributed by atoms with Crippen LogP contribution in [0.4, 0.5) is 0 Å². The van der Waals surface area contributed by atoms with Crippen molar-refractivity contribution in [1.82, 2.24) is 0 Å². The van der Waals surface area contributed by atoms with Crippen molar-refractivity contribution >= 4 is 11.6 Å². The van der Waals surface area contributed by atoms with Gasteiger partial charge in [-0.2, -0.15) is 0 Å². The zero-order valence-electron chi connectivity index (χ0n) is 15.1. The summed E-state index contributed by atoms with van der Waals surface area (Å²) in [6.07, 6.45) is 4.13. The largest absolute Gasteiger partial charge is 0.497 e. The zero-order valence-corrected chi connectivity index (χ0v) is 15.1. The highest BCUT2D eigenvalue weighted by molar-refractivity contribution is 6.29. The summed E-state index contributed by atoms with van der Waals surface area (Å²) in [5.41, 5.74) is 0.839. The van der Waals surface area contributed by atoms with Crippen LogP contribution in [-0.4, -0.2) is 18.7 Å². The fourth-order valence-corrected chi connectivity index (χ4v) is 3.80. The average Bonchev–Trinajstić information content (AvgIpc) is 2.92. The Bertz CT molecular complexity index is 959. The van der Waals surface area contributed by atoms with Crippen molar-refractivity contribution < 1.29 is 18.9 Å². The van der Waals surface area contributed by atoms with E-state index in [9.17, 15) is 9.59 Å². The molecule has 0 saturated carbocycles. The molecule has 0 bridgehead atoms. The van der Waals surface area contributed by atoms with Gasteiger partial charge in [-0.05, 0) is 24.1 Å². The van der Waals surface area contributed by atoms with Gasteiger partial charge in [-0.15, -0.1) is 0 Å². The molecule has 1 heterocycles. The third kappa shape index (κ3) is 2.93. The van der Waals surface area contributed by atoms with Crippen LogP contribution in [0.15, 0.2) is 79.1 Å². The first-order valence-electron chi connectivity index (χ1n) is 8.90. The molecular weight excluding hydrogens is 338 g/mol. The Hall–Kier alpha value is -3.27. The SMILES string of the molecule is COc1ccc(CC2(C[n+]3ccccc3)C(=O)c3ccccc3C2=O)cc1. The average molecular weight is 358 g/mol. The maximum atomic E-state index is 13.4. The van der Waals surface area contributed by atoms with Gasteiger partial charge < -0.3 is 4.74 Å². The van der Waals surface area contributed by atoms with E-state index in [1.165, 1.54) is 0 Å². The molecule has 0 amide bonds. The number of benzene rings is 2. The van der Waals surface area contributed by atoms with Gasteiger partial charge in [0, 0.05) is 23.3 Å². The van der Waals surface area contributed by atoms with E-state index in [0.29, 0.717) is 24.1 Å². The number of carbonyl (C=O) groups is 2. The fourth-order valence-electron chi connectivity index (χ4n) is 3.80. The van der Waals surface area contributed by atoms with Gasteiger partial charge in [-0.1, -0.05) is 42.5 Å². The van der Waals surface area contributed by atoms with Crippen molar-refractivity contribution in [3.63, 3.8) is 0 Å². The number of aromatic nitrogens is 1. The predicted octanol–water partition coefficient (Wildman–Crippen LogP) is 3.29. The third-order valence-electron chi connectivity index (χ3n) is 5.18. The van der Waals surface area contributed by atoms with Crippen molar-refractivity contribution in [2.75, 3.05) is 7.11 Å². The number of fused-ring (bicyclic) bond motifs is 1. The van der Waals surface area contributed by atoms with Gasteiger partial charge in [0.1, 0.15) is 5.75 Å². The second-order valence-corrected chi connectivity index (χ2v) is 6.86. The van der Waals surface area contributed by atoms with Crippen molar-refractivity contribution in [2.24, 2.45) is 5.41 Å². The summed E-state index contributed by atoms with van der Waals surface area (Å²) in [6, 6.07) is 20.4. The van der Waals surface area contributed by atoms with Gasteiger partial charge >= 0.3 is 0 Å². The minimum atomic E-state index is -1.13. The van der Waals surface area contributed by atoms with E-state index < -0.39 is 5.41 Å². The Morgan fingerprint density at radius 3 is 1.96 bits per heavy atom. The molecule has 4 heteroatoms. The van der Waals surface area contributed by atoms with Crippen molar-refractivity contribution in [3.8, 4) is 5.75 Å². The number of ether oxygens (including phenoxy) is 1. The van der Waals surface area contributed by atoms with Crippen LogP contribution in [0.5, 0.6) is 5.75 Å². The molecule has 0 aliphatic heterocycles. The number of carbonyl (C=O) groups excluding carboxylic acids is 2. The summed E-state index contributed by atoms with van der Waals surface area (Å²) in [7, 11) is 1.61. The van der Waals surface area contributed by atoms with E-state index in [1.54, 1.807) is 19.2 Å². The molecule has 134 valence electrons. The van der Waals surface area contributed by atoms with E-state index in [0.717, 1.165) is 11.3 Å². The lowest BCUT2D eigenvalue weighted by Gasteiger charge is -2.23. The molecule has 3 aromatic rings. The van der Waals surface area contributed by atoms with Crippen molar-refractivity contribution in [1.29, 1.82) is 0 Å². The number of methoxy groups -OCH3 is 1. The summed E-state index contributed by atoms with van der Waals surface area (Å²) in [5.74, 6) is 0.545. The normalized spacial score (nSPS) is 14.9. The number of nitrogens with zero attached hydrogens (tertiary/aromatic N) is 1. The minimum absolute atomic E-state index is 0.102. The summed E-state index contributed by atoms with van der Waals surface area (Å²) in [5, 5.41) is 0. The first-order valence-corrected chi connectivity index (χ1v) is 8.90. The Morgan fingerprint density at radius 2 is 1.41 bits per heavy atom. The number of hydrogen-bond donors (Lipinski definition) is 0. The standard InChI is InChI=1S/C23H20NO3/c1-27-18-11-9-17(10-12-18)15-23(16-24-13-5-2-6-14-24)21(25)19-7-3-4-8-20(19)22(23)26/h2-14H,15-16H2,1H3/q+1. The van der Waals surface area contributed by atoms with Gasteiger partial charge in [-0.3, -0.25) is 9.59 Å². The lowest BCUT2D eigenvalue weighted by Crippen LogP contribution is -2.50. The van der Waals surface area contributed by atoms with Crippen LogP contribution in [0.3, 0.4) is 0 Å². The monoisotopic (exact) mass is 358 g/mol. The molecule has 0 unspecified atom stereocenters. The number of Topliss-reactive ketones (excluding diaryl/α,β-unsaturated/α-hetero) is 2. The van der Waals surface area contributed by atoms with E-state index in [1.807, 2.05) is 71.6 Å². The van der Waals surface area contributed by atoms with Crippen LogP contribution in [0.25, 0.3) is 0 Å². The minimum Gasteiger partial charge on any atom is -0.497 e. The molecule has 0 atom stereocenters. The van der Waals surface area contributed by atoms with Gasteiger partial charge in [0.2, 0.25) is 0 Å². The van der Waals surface area contributed by atoms with Crippen molar-refractivity contribution in [3.05, 3.63) is 95.8 Å². The van der Waals surface area contributed by atoms with Gasteiger partial charge in [0.15, 0.2) is 35.9 Å². The molecule has 4 rings (SSSR count). The summed E-state index contributed by atoms with van der Waals surface area (Å²) in [6.45, 7) is 0.312. The Morgan fingerprint density at radius 1 is 0.815 bits per heavy atom. The summed E-state index contributed by atoms with van der Waals surface area (Å²) >= 11 is 0. The molecule has 0 fully saturated rings. The van der Waals surface area contributed by atoms with Crippen LogP contribution in [-0.2, 0) is 13.0 Å². The first-order chi connectivity index (χ1) is 13.1. The summed E-state index contributed by atoms with van der Waals surface area (Å²) < 4.78 is 7.12. The number of hydrogen-bond acceptors (Lipinski definition) is 3. The molecular formula is C23H20NO3+. The Balaban J connectivity index is 1.78. The molecule has 4 nitrogen and oxygen atoms in total. The molecule has 1 aliphatic carbocycles. The van der Waals surface area contributed by atoms with Crippen LogP contribution >= 0.6 is 0 Å². The molecule has 2 aromatic carbocycles.